The summed E-state index contributed by atoms with van der Waals surface area (Å²) < 4.78 is 0. The maximum atomic E-state index is 11.8. The van der Waals surface area contributed by atoms with Gasteiger partial charge in [-0.15, -0.1) is 0 Å². The van der Waals surface area contributed by atoms with E-state index in [4.69, 9.17) is 21.8 Å². The number of aliphatic hydroxyl groups is 2. The Hall–Kier alpha value is -3.01. The van der Waals surface area contributed by atoms with Gasteiger partial charge in [-0.25, -0.2) is 5.43 Å². The summed E-state index contributed by atoms with van der Waals surface area (Å²) in [5.74, 6) is -0.905. The molecule has 0 spiro atoms. The molecular formula is C16H18ClN3O6. The summed E-state index contributed by atoms with van der Waals surface area (Å²) in [4.78, 5) is 21.8. The van der Waals surface area contributed by atoms with Crippen LogP contribution in [0.1, 0.15) is 15.9 Å². The first-order valence-corrected chi connectivity index (χ1v) is 7.31. The second kappa shape index (κ2) is 12.4. The first-order chi connectivity index (χ1) is 12.5. The smallest absolute Gasteiger partial charge is 0.311 e. The maximum absolute atomic E-state index is 11.8. The summed E-state index contributed by atoms with van der Waals surface area (Å²) in [6, 6.07) is 10.1. The molecule has 0 fully saturated rings. The Morgan fingerprint density at radius 2 is 1.85 bits per heavy atom. The van der Waals surface area contributed by atoms with Gasteiger partial charge in [-0.3, -0.25) is 14.9 Å². The Bertz CT molecular complexity index is 767. The number of phenolic OH excluding ortho intramolecular Hbond substituents is 1. The predicted octanol–water partition coefficient (Wildman–Crippen LogP) is 1.93. The van der Waals surface area contributed by atoms with Crippen molar-refractivity contribution < 1.29 is 25.0 Å². The Balaban J connectivity index is 0.00000146. The second-order valence-corrected chi connectivity index (χ2v) is 4.65. The minimum absolute atomic E-state index is 0.335. The van der Waals surface area contributed by atoms with Gasteiger partial charge in [-0.05, 0) is 30.3 Å². The molecule has 10 heteroatoms. The van der Waals surface area contributed by atoms with Crippen molar-refractivity contribution in [1.29, 1.82) is 0 Å². The van der Waals surface area contributed by atoms with Crippen LogP contribution in [0.3, 0.4) is 0 Å². The van der Waals surface area contributed by atoms with Crippen LogP contribution < -0.4 is 5.43 Å². The molecule has 4 N–H and O–H groups in total. The number of carbonyl (C=O) groups excluding carboxylic acids is 1. The van der Waals surface area contributed by atoms with Crippen molar-refractivity contribution in [2.24, 2.45) is 5.10 Å². The summed E-state index contributed by atoms with van der Waals surface area (Å²) in [5, 5.41) is 38.1. The first kappa shape index (κ1) is 23.0. The van der Waals surface area contributed by atoms with Crippen molar-refractivity contribution in [1.82, 2.24) is 5.43 Å². The van der Waals surface area contributed by atoms with Gasteiger partial charge in [0.15, 0.2) is 5.75 Å². The van der Waals surface area contributed by atoms with Crippen LogP contribution in [0.25, 0.3) is 0 Å². The third-order valence-electron chi connectivity index (χ3n) is 2.66. The van der Waals surface area contributed by atoms with Crippen molar-refractivity contribution in [3.05, 3.63) is 68.7 Å². The molecule has 140 valence electrons. The van der Waals surface area contributed by atoms with E-state index in [1.165, 1.54) is 24.4 Å². The number of nitrogens with zero attached hydrogens (tertiary/aromatic N) is 2. The molecular weight excluding hydrogens is 366 g/mol. The number of aromatic hydroxyl groups is 1. The van der Waals surface area contributed by atoms with Crippen molar-refractivity contribution in [2.75, 3.05) is 14.2 Å². The number of nitrogens with one attached hydrogen (secondary N) is 1. The van der Waals surface area contributed by atoms with Gasteiger partial charge in [0.1, 0.15) is 0 Å². The summed E-state index contributed by atoms with van der Waals surface area (Å²) in [6.07, 6.45) is 1.23. The number of halogens is 1. The molecule has 0 unspecified atom stereocenters. The van der Waals surface area contributed by atoms with Crippen LogP contribution in [0, 0.1) is 10.1 Å². The van der Waals surface area contributed by atoms with Gasteiger partial charge >= 0.3 is 5.69 Å². The Labute approximate surface area is 154 Å². The number of hydrazone groups is 1. The highest BCUT2D eigenvalue weighted by Crippen LogP contribution is 2.25. The highest BCUT2D eigenvalue weighted by Gasteiger charge is 2.12. The van der Waals surface area contributed by atoms with Gasteiger partial charge in [-0.2, -0.15) is 5.10 Å². The van der Waals surface area contributed by atoms with Gasteiger partial charge in [0.05, 0.1) is 11.1 Å². The van der Waals surface area contributed by atoms with E-state index in [9.17, 15) is 20.0 Å². The van der Waals surface area contributed by atoms with Crippen LogP contribution in [0.2, 0.25) is 5.02 Å². The summed E-state index contributed by atoms with van der Waals surface area (Å²) in [6.45, 7) is 0. The van der Waals surface area contributed by atoms with E-state index in [1.54, 1.807) is 18.2 Å². The van der Waals surface area contributed by atoms with Gasteiger partial charge < -0.3 is 15.3 Å². The average Bonchev–Trinajstić information content (AvgIpc) is 2.66. The van der Waals surface area contributed by atoms with E-state index in [1.807, 2.05) is 0 Å². The summed E-state index contributed by atoms with van der Waals surface area (Å²) >= 11 is 5.77. The molecule has 0 heterocycles. The van der Waals surface area contributed by atoms with Crippen LogP contribution in [0.5, 0.6) is 5.75 Å². The standard InChI is InChI=1S/C14H10ClN3O4.2CH4O/c15-11-3-1-2-10(7-11)14(20)17-16-8-9-4-5-13(19)12(6-9)18(21)22;2*1-2/h1-8,19H,(H,17,20);2*2H,1H3/b16-8+;;. The zero-order chi connectivity index (χ0) is 20.1. The molecule has 0 aliphatic rings. The van der Waals surface area contributed by atoms with E-state index >= 15 is 0 Å². The minimum Gasteiger partial charge on any atom is -0.502 e. The SMILES string of the molecule is CO.CO.O=C(N/N=C/c1ccc(O)c([N+](=O)[O-])c1)c1cccc(Cl)c1. The zero-order valence-corrected chi connectivity index (χ0v) is 14.7. The normalized spacial score (nSPS) is 9.42. The molecule has 0 aromatic heterocycles. The van der Waals surface area contributed by atoms with E-state index in [0.29, 0.717) is 16.1 Å². The lowest BCUT2D eigenvalue weighted by Gasteiger charge is -2.00. The third kappa shape index (κ3) is 7.26. The number of nitro groups is 1. The van der Waals surface area contributed by atoms with E-state index < -0.39 is 22.3 Å². The number of aliphatic hydroxyl groups excluding tert-OH is 2. The molecule has 2 aromatic carbocycles. The van der Waals surface area contributed by atoms with Crippen LogP contribution >= 0.6 is 11.6 Å². The lowest BCUT2D eigenvalue weighted by atomic mass is 10.2. The van der Waals surface area contributed by atoms with Crippen LogP contribution in [0.15, 0.2) is 47.6 Å². The van der Waals surface area contributed by atoms with Crippen LogP contribution in [0.4, 0.5) is 5.69 Å². The number of benzene rings is 2. The molecule has 0 saturated heterocycles. The largest absolute Gasteiger partial charge is 0.502 e. The minimum atomic E-state index is -0.711. The molecule has 0 aliphatic carbocycles. The van der Waals surface area contributed by atoms with Crippen molar-refractivity contribution in [3.8, 4) is 5.75 Å². The van der Waals surface area contributed by atoms with E-state index in [-0.39, 0.29) is 0 Å². The molecule has 1 amide bonds. The molecule has 2 rings (SSSR count). The van der Waals surface area contributed by atoms with Crippen molar-refractivity contribution >= 4 is 29.4 Å². The third-order valence-corrected chi connectivity index (χ3v) is 2.90. The lowest BCUT2D eigenvalue weighted by molar-refractivity contribution is -0.385. The highest BCUT2D eigenvalue weighted by atomic mass is 35.5. The molecule has 0 atom stereocenters. The molecule has 2 aromatic rings. The highest BCUT2D eigenvalue weighted by molar-refractivity contribution is 6.30. The number of carbonyl (C=O) groups is 1. The second-order valence-electron chi connectivity index (χ2n) is 4.21. The predicted molar refractivity (Wildman–Crippen MR) is 97.6 cm³/mol. The van der Waals surface area contributed by atoms with Crippen LogP contribution in [-0.2, 0) is 0 Å². The number of nitro benzene ring substituents is 1. The first-order valence-electron chi connectivity index (χ1n) is 6.93. The molecule has 0 aliphatic heterocycles. The topological polar surface area (TPSA) is 145 Å². The lowest BCUT2D eigenvalue weighted by Crippen LogP contribution is -2.17. The Morgan fingerprint density at radius 3 is 2.42 bits per heavy atom. The maximum Gasteiger partial charge on any atom is 0.311 e. The summed E-state index contributed by atoms with van der Waals surface area (Å²) in [5.41, 5.74) is 2.53. The number of hydrogen-bond acceptors (Lipinski definition) is 7. The zero-order valence-electron chi connectivity index (χ0n) is 14.0. The van der Waals surface area contributed by atoms with E-state index in [0.717, 1.165) is 20.3 Å². The molecule has 0 bridgehead atoms. The quantitative estimate of drug-likeness (QED) is 0.360. The molecule has 0 saturated carbocycles. The van der Waals surface area contributed by atoms with Crippen molar-refractivity contribution in [3.63, 3.8) is 0 Å². The van der Waals surface area contributed by atoms with E-state index in [2.05, 4.69) is 10.5 Å². The van der Waals surface area contributed by atoms with Crippen LogP contribution in [-0.4, -0.2) is 46.6 Å². The van der Waals surface area contributed by atoms with Gasteiger partial charge in [0.2, 0.25) is 0 Å². The fourth-order valence-electron chi connectivity index (χ4n) is 1.63. The van der Waals surface area contributed by atoms with Gasteiger partial charge in [0, 0.05) is 36.4 Å². The monoisotopic (exact) mass is 383 g/mol. The molecule has 26 heavy (non-hydrogen) atoms. The summed E-state index contributed by atoms with van der Waals surface area (Å²) in [7, 11) is 2.00. The fourth-order valence-corrected chi connectivity index (χ4v) is 1.82. The number of hydrogen-bond donors (Lipinski definition) is 4. The number of phenols is 1. The Kier molecular flexibility index (Phi) is 10.9. The average molecular weight is 384 g/mol. The Morgan fingerprint density at radius 1 is 1.19 bits per heavy atom. The van der Waals surface area contributed by atoms with Crippen molar-refractivity contribution in [2.45, 2.75) is 0 Å². The molecule has 9 nitrogen and oxygen atoms in total. The van der Waals surface area contributed by atoms with Gasteiger partial charge in [0.25, 0.3) is 5.91 Å². The number of rotatable bonds is 4. The number of amides is 1. The molecule has 0 radical (unpaired) electrons. The fraction of sp³-hybridized carbons (Fsp3) is 0.125. The van der Waals surface area contributed by atoms with Gasteiger partial charge in [-0.1, -0.05) is 17.7 Å².